The average Bonchev–Trinajstić information content (AvgIpc) is 2.87. The summed E-state index contributed by atoms with van der Waals surface area (Å²) in [6.45, 7) is 3.02. The molecule has 2 rings (SSSR count). The molecule has 1 aromatic rings. The van der Waals surface area contributed by atoms with E-state index in [1.807, 2.05) is 0 Å². The van der Waals surface area contributed by atoms with Crippen molar-refractivity contribution in [3.63, 3.8) is 0 Å². The van der Waals surface area contributed by atoms with Crippen LogP contribution >= 0.6 is 0 Å². The van der Waals surface area contributed by atoms with E-state index in [0.717, 1.165) is 25.6 Å². The maximum absolute atomic E-state index is 13.4. The normalized spacial score (nSPS) is 18.7. The smallest absolute Gasteiger partial charge is 0.304 e. The summed E-state index contributed by atoms with van der Waals surface area (Å²) >= 11 is 0. The number of benzene rings is 1. The van der Waals surface area contributed by atoms with E-state index in [1.165, 1.54) is 18.6 Å². The molecule has 1 atom stereocenters. The summed E-state index contributed by atoms with van der Waals surface area (Å²) in [5.74, 6) is -0.153. The van der Waals surface area contributed by atoms with Crippen LogP contribution in [-0.4, -0.2) is 24.6 Å². The highest BCUT2D eigenvalue weighted by molar-refractivity contribution is 5.34. The van der Waals surface area contributed by atoms with Crippen LogP contribution in [0.3, 0.4) is 0 Å². The number of ether oxygens (including phenoxy) is 1. The third-order valence-corrected chi connectivity index (χ3v) is 3.31. The molecular weight excluding hydrogens is 251 g/mol. The molecule has 1 heterocycles. The monoisotopic (exact) mass is 268 g/mol. The van der Waals surface area contributed by atoms with Crippen LogP contribution in [0.4, 0.5) is 10.1 Å². The minimum Gasteiger partial charge on any atom is -0.377 e. The van der Waals surface area contributed by atoms with Gasteiger partial charge in [-0.2, -0.15) is 4.39 Å². The highest BCUT2D eigenvalue weighted by Gasteiger charge is 2.15. The van der Waals surface area contributed by atoms with Crippen molar-refractivity contribution >= 4 is 5.69 Å². The van der Waals surface area contributed by atoms with E-state index in [9.17, 15) is 14.5 Å². The van der Waals surface area contributed by atoms with Crippen LogP contribution in [0.5, 0.6) is 0 Å². The highest BCUT2D eigenvalue weighted by Crippen LogP contribution is 2.18. The minimum absolute atomic E-state index is 0.287. The van der Waals surface area contributed by atoms with Crippen LogP contribution in [-0.2, 0) is 11.3 Å². The lowest BCUT2D eigenvalue weighted by Gasteiger charge is -2.08. The van der Waals surface area contributed by atoms with Crippen LogP contribution in [0.25, 0.3) is 0 Å². The molecular formula is C13H17FN2O3. The molecule has 6 heteroatoms. The lowest BCUT2D eigenvalue weighted by molar-refractivity contribution is -0.387. The van der Waals surface area contributed by atoms with Gasteiger partial charge in [0.25, 0.3) is 0 Å². The Labute approximate surface area is 110 Å². The van der Waals surface area contributed by atoms with Crippen molar-refractivity contribution in [3.05, 3.63) is 39.7 Å². The van der Waals surface area contributed by atoms with Gasteiger partial charge in [0.2, 0.25) is 5.82 Å². The molecule has 5 nitrogen and oxygen atoms in total. The van der Waals surface area contributed by atoms with Crippen molar-refractivity contribution in [1.82, 2.24) is 5.32 Å². The summed E-state index contributed by atoms with van der Waals surface area (Å²) in [5, 5.41) is 13.8. The van der Waals surface area contributed by atoms with Crippen molar-refractivity contribution in [3.8, 4) is 0 Å². The van der Waals surface area contributed by atoms with Crippen molar-refractivity contribution in [2.75, 3.05) is 19.7 Å². The Balaban J connectivity index is 1.76. The largest absolute Gasteiger partial charge is 0.377 e. The van der Waals surface area contributed by atoms with Crippen LogP contribution in [0.2, 0.25) is 0 Å². The Bertz CT molecular complexity index is 448. The zero-order valence-electron chi connectivity index (χ0n) is 10.6. The summed E-state index contributed by atoms with van der Waals surface area (Å²) < 4.78 is 18.8. The number of halogens is 1. The maximum atomic E-state index is 13.4. The van der Waals surface area contributed by atoms with Crippen LogP contribution in [0.1, 0.15) is 18.4 Å². The molecule has 0 aromatic heterocycles. The number of hydrogen-bond acceptors (Lipinski definition) is 4. The van der Waals surface area contributed by atoms with Gasteiger partial charge in [-0.25, -0.2) is 0 Å². The molecule has 0 bridgehead atoms. The molecule has 104 valence electrons. The Morgan fingerprint density at radius 1 is 1.53 bits per heavy atom. The minimum atomic E-state index is -0.814. The molecule has 1 fully saturated rings. The summed E-state index contributed by atoms with van der Waals surface area (Å²) in [4.78, 5) is 9.74. The number of nitro benzene ring substituents is 1. The first-order valence-corrected chi connectivity index (χ1v) is 6.38. The number of nitro groups is 1. The zero-order chi connectivity index (χ0) is 13.7. The SMILES string of the molecule is O=[N+]([O-])c1ccc(COCCC2CCNC2)cc1F. The summed E-state index contributed by atoms with van der Waals surface area (Å²) in [7, 11) is 0. The van der Waals surface area contributed by atoms with Crippen LogP contribution in [0.15, 0.2) is 18.2 Å². The summed E-state index contributed by atoms with van der Waals surface area (Å²) in [6, 6.07) is 3.86. The van der Waals surface area contributed by atoms with Gasteiger partial charge in [-0.1, -0.05) is 0 Å². The first kappa shape index (κ1) is 13.9. The van der Waals surface area contributed by atoms with Crippen LogP contribution in [0, 0.1) is 21.8 Å². The first-order valence-electron chi connectivity index (χ1n) is 6.38. The van der Waals surface area contributed by atoms with Crippen LogP contribution < -0.4 is 5.32 Å². The standard InChI is InChI=1S/C13H17FN2O3/c14-12-7-11(1-2-13(12)16(17)18)9-19-6-4-10-3-5-15-8-10/h1-2,7,10,15H,3-6,8-9H2. The van der Waals surface area contributed by atoms with Crippen molar-refractivity contribution in [1.29, 1.82) is 0 Å². The average molecular weight is 268 g/mol. The van der Waals surface area contributed by atoms with Gasteiger partial charge in [-0.3, -0.25) is 10.1 Å². The predicted octanol–water partition coefficient (Wildman–Crippen LogP) is 2.25. The van der Waals surface area contributed by atoms with Gasteiger partial charge in [-0.15, -0.1) is 0 Å². The third kappa shape index (κ3) is 3.97. The highest BCUT2D eigenvalue weighted by atomic mass is 19.1. The number of hydrogen-bond donors (Lipinski definition) is 1. The van der Waals surface area contributed by atoms with Gasteiger partial charge in [0.15, 0.2) is 0 Å². The molecule has 1 unspecified atom stereocenters. The molecule has 0 saturated carbocycles. The molecule has 1 N–H and O–H groups in total. The fraction of sp³-hybridized carbons (Fsp3) is 0.538. The van der Waals surface area contributed by atoms with Crippen molar-refractivity contribution in [2.24, 2.45) is 5.92 Å². The lowest BCUT2D eigenvalue weighted by atomic mass is 10.1. The zero-order valence-corrected chi connectivity index (χ0v) is 10.6. The van der Waals surface area contributed by atoms with Gasteiger partial charge in [0.05, 0.1) is 11.5 Å². The van der Waals surface area contributed by atoms with E-state index < -0.39 is 16.4 Å². The third-order valence-electron chi connectivity index (χ3n) is 3.31. The second-order valence-electron chi connectivity index (χ2n) is 4.74. The maximum Gasteiger partial charge on any atom is 0.304 e. The van der Waals surface area contributed by atoms with Gasteiger partial charge < -0.3 is 10.1 Å². The van der Waals surface area contributed by atoms with E-state index in [0.29, 0.717) is 18.1 Å². The Hall–Kier alpha value is -1.53. The van der Waals surface area contributed by atoms with E-state index in [2.05, 4.69) is 5.32 Å². The molecule has 0 aliphatic carbocycles. The molecule has 1 aromatic carbocycles. The molecule has 1 aliphatic rings. The number of rotatable bonds is 6. The Morgan fingerprint density at radius 2 is 2.37 bits per heavy atom. The van der Waals surface area contributed by atoms with Gasteiger partial charge in [-0.05, 0) is 49.5 Å². The van der Waals surface area contributed by atoms with Crippen molar-refractivity contribution < 1.29 is 14.1 Å². The molecule has 0 amide bonds. The molecule has 0 radical (unpaired) electrons. The fourth-order valence-corrected chi connectivity index (χ4v) is 2.19. The fourth-order valence-electron chi connectivity index (χ4n) is 2.19. The van der Waals surface area contributed by atoms with Gasteiger partial charge in [0, 0.05) is 12.7 Å². The quantitative estimate of drug-likeness (QED) is 0.488. The topological polar surface area (TPSA) is 64.4 Å². The predicted molar refractivity (Wildman–Crippen MR) is 68.3 cm³/mol. The molecule has 19 heavy (non-hydrogen) atoms. The number of nitrogens with zero attached hydrogens (tertiary/aromatic N) is 1. The summed E-state index contributed by atoms with van der Waals surface area (Å²) in [5.41, 5.74) is 0.119. The Kier molecular flexibility index (Phi) is 4.81. The first-order chi connectivity index (χ1) is 9.16. The Morgan fingerprint density at radius 3 is 3.00 bits per heavy atom. The molecule has 0 spiro atoms. The van der Waals surface area contributed by atoms with Gasteiger partial charge >= 0.3 is 5.69 Å². The second-order valence-corrected chi connectivity index (χ2v) is 4.74. The second kappa shape index (κ2) is 6.58. The van der Waals surface area contributed by atoms with E-state index >= 15 is 0 Å². The lowest BCUT2D eigenvalue weighted by Crippen LogP contribution is -2.10. The summed E-state index contributed by atoms with van der Waals surface area (Å²) in [6.07, 6.45) is 2.16. The number of nitrogens with one attached hydrogen (secondary N) is 1. The van der Waals surface area contributed by atoms with E-state index in [1.54, 1.807) is 0 Å². The van der Waals surface area contributed by atoms with E-state index in [-0.39, 0.29) is 6.61 Å². The van der Waals surface area contributed by atoms with Crippen molar-refractivity contribution in [2.45, 2.75) is 19.4 Å². The van der Waals surface area contributed by atoms with Gasteiger partial charge in [0.1, 0.15) is 0 Å². The molecule has 1 saturated heterocycles. The molecule has 1 aliphatic heterocycles. The van der Waals surface area contributed by atoms with E-state index in [4.69, 9.17) is 4.74 Å².